The summed E-state index contributed by atoms with van der Waals surface area (Å²) >= 11 is 1.30. The number of benzene rings is 1. The number of aromatic nitrogens is 4. The van der Waals surface area contributed by atoms with Crippen LogP contribution in [-0.4, -0.2) is 64.3 Å². The Morgan fingerprint density at radius 3 is 2.47 bits per heavy atom. The molecule has 2 saturated heterocycles. The van der Waals surface area contributed by atoms with Crippen molar-refractivity contribution in [3.05, 3.63) is 42.1 Å². The SMILES string of the molecule is Cc1cc(Nc2cc(N3CCC4(CC3)OCCO4)nc(Sc3ccc(NC(=O)CC(F)(F)F)cc3)n2)[nH]n1. The predicted octanol–water partition coefficient (Wildman–Crippen LogP) is 4.64. The van der Waals surface area contributed by atoms with Crippen LogP contribution in [0, 0.1) is 6.92 Å². The average molecular weight is 550 g/mol. The second-order valence-electron chi connectivity index (χ2n) is 9.00. The van der Waals surface area contributed by atoms with E-state index < -0.39 is 24.3 Å². The van der Waals surface area contributed by atoms with E-state index in [1.165, 1.54) is 11.8 Å². The molecule has 0 bridgehead atoms. The number of carbonyl (C=O) groups excluding carboxylic acids is 1. The summed E-state index contributed by atoms with van der Waals surface area (Å²) in [6.45, 7) is 4.50. The number of nitrogens with zero attached hydrogens (tertiary/aromatic N) is 4. The average Bonchev–Trinajstić information content (AvgIpc) is 3.48. The van der Waals surface area contributed by atoms with Gasteiger partial charge in [-0.2, -0.15) is 18.3 Å². The Bertz CT molecular complexity index is 1270. The van der Waals surface area contributed by atoms with Crippen LogP contribution in [0.4, 0.5) is 36.3 Å². The summed E-state index contributed by atoms with van der Waals surface area (Å²) in [5.74, 6) is 0.381. The number of aromatic amines is 1. The van der Waals surface area contributed by atoms with Crippen LogP contribution in [0.15, 0.2) is 46.5 Å². The zero-order chi connectivity index (χ0) is 26.8. The Hall–Kier alpha value is -3.36. The van der Waals surface area contributed by atoms with E-state index >= 15 is 0 Å². The fourth-order valence-electron chi connectivity index (χ4n) is 4.27. The molecule has 2 aromatic heterocycles. The number of aryl methyl sites for hydroxylation is 1. The van der Waals surface area contributed by atoms with Gasteiger partial charge in [-0.25, -0.2) is 9.97 Å². The number of H-pyrrole nitrogens is 1. The maximum atomic E-state index is 12.4. The smallest absolute Gasteiger partial charge is 0.356 e. The lowest BCUT2D eigenvalue weighted by Gasteiger charge is -2.38. The number of rotatable bonds is 7. The molecular weight excluding hydrogens is 523 g/mol. The van der Waals surface area contributed by atoms with Gasteiger partial charge in [0.1, 0.15) is 23.9 Å². The van der Waals surface area contributed by atoms with E-state index in [-0.39, 0.29) is 5.69 Å². The van der Waals surface area contributed by atoms with Gasteiger partial charge < -0.3 is 25.0 Å². The number of alkyl halides is 3. The number of hydrogen-bond donors (Lipinski definition) is 3. The fourth-order valence-corrected chi connectivity index (χ4v) is 5.04. The number of nitrogens with one attached hydrogen (secondary N) is 3. The van der Waals surface area contributed by atoms with Gasteiger partial charge in [0.15, 0.2) is 10.9 Å². The molecule has 0 saturated carbocycles. The van der Waals surface area contributed by atoms with Crippen LogP contribution >= 0.6 is 11.8 Å². The number of hydrogen-bond acceptors (Lipinski definition) is 9. The maximum Gasteiger partial charge on any atom is 0.397 e. The molecule has 38 heavy (non-hydrogen) atoms. The third-order valence-corrected chi connectivity index (χ3v) is 6.90. The van der Waals surface area contributed by atoms with Gasteiger partial charge in [-0.05, 0) is 43.0 Å². The first-order valence-electron chi connectivity index (χ1n) is 12.0. The molecule has 14 heteroatoms. The van der Waals surface area contributed by atoms with Crippen molar-refractivity contribution in [1.82, 2.24) is 20.2 Å². The fraction of sp³-hybridized carbons (Fsp3) is 0.417. The summed E-state index contributed by atoms with van der Waals surface area (Å²) in [7, 11) is 0. The Labute approximate surface area is 220 Å². The van der Waals surface area contributed by atoms with Crippen molar-refractivity contribution in [3.63, 3.8) is 0 Å². The summed E-state index contributed by atoms with van der Waals surface area (Å²) in [5.41, 5.74) is 1.10. The summed E-state index contributed by atoms with van der Waals surface area (Å²) in [6, 6.07) is 10.2. The molecule has 1 aromatic carbocycles. The molecule has 3 aromatic rings. The molecular formula is C24H26F3N7O3S. The normalized spacial score (nSPS) is 17.1. The Kier molecular flexibility index (Phi) is 7.45. The van der Waals surface area contributed by atoms with Crippen molar-refractivity contribution in [3.8, 4) is 0 Å². The zero-order valence-corrected chi connectivity index (χ0v) is 21.3. The van der Waals surface area contributed by atoms with Crippen LogP contribution < -0.4 is 15.5 Å². The number of anilines is 4. The highest BCUT2D eigenvalue weighted by molar-refractivity contribution is 7.99. The van der Waals surface area contributed by atoms with Crippen LogP contribution in [0.5, 0.6) is 0 Å². The van der Waals surface area contributed by atoms with Gasteiger partial charge in [0.05, 0.1) is 18.9 Å². The van der Waals surface area contributed by atoms with Crippen LogP contribution in [0.1, 0.15) is 25.0 Å². The molecule has 4 heterocycles. The van der Waals surface area contributed by atoms with E-state index in [0.29, 0.717) is 43.1 Å². The highest BCUT2D eigenvalue weighted by Gasteiger charge is 2.40. The molecule has 0 radical (unpaired) electrons. The number of ether oxygens (including phenoxy) is 2. The summed E-state index contributed by atoms with van der Waals surface area (Å²) in [4.78, 5) is 23.9. The Morgan fingerprint density at radius 2 is 1.84 bits per heavy atom. The second-order valence-corrected chi connectivity index (χ2v) is 10.0. The molecule has 0 aliphatic carbocycles. The van der Waals surface area contributed by atoms with Crippen molar-refractivity contribution in [2.45, 2.75) is 48.2 Å². The molecule has 2 aliphatic rings. The van der Waals surface area contributed by atoms with Crippen molar-refractivity contribution >= 4 is 40.8 Å². The Balaban J connectivity index is 1.32. The minimum Gasteiger partial charge on any atom is -0.356 e. The number of amides is 1. The molecule has 0 unspecified atom stereocenters. The largest absolute Gasteiger partial charge is 0.397 e. The molecule has 5 rings (SSSR count). The highest BCUT2D eigenvalue weighted by Crippen LogP contribution is 2.35. The third-order valence-electron chi connectivity index (χ3n) is 6.03. The summed E-state index contributed by atoms with van der Waals surface area (Å²) in [5, 5.41) is 13.0. The number of carbonyl (C=O) groups is 1. The van der Waals surface area contributed by atoms with Gasteiger partial charge in [-0.3, -0.25) is 9.89 Å². The molecule has 2 fully saturated rings. The summed E-state index contributed by atoms with van der Waals surface area (Å²) < 4.78 is 49.0. The molecule has 2 aliphatic heterocycles. The third kappa shape index (κ3) is 6.74. The quantitative estimate of drug-likeness (QED) is 0.363. The summed E-state index contributed by atoms with van der Waals surface area (Å²) in [6.07, 6.45) is -4.65. The van der Waals surface area contributed by atoms with Gasteiger partial charge in [0, 0.05) is 48.6 Å². The number of piperidine rings is 1. The van der Waals surface area contributed by atoms with Gasteiger partial charge >= 0.3 is 6.18 Å². The minimum atomic E-state index is -4.56. The van der Waals surface area contributed by atoms with E-state index in [1.54, 1.807) is 24.3 Å². The Morgan fingerprint density at radius 1 is 1.13 bits per heavy atom. The first kappa shape index (κ1) is 26.3. The van der Waals surface area contributed by atoms with Gasteiger partial charge in [-0.15, -0.1) is 0 Å². The first-order valence-corrected chi connectivity index (χ1v) is 12.8. The zero-order valence-electron chi connectivity index (χ0n) is 20.5. The maximum absolute atomic E-state index is 12.4. The van der Waals surface area contributed by atoms with Crippen molar-refractivity contribution < 1.29 is 27.4 Å². The first-order chi connectivity index (χ1) is 18.1. The topological polar surface area (TPSA) is 117 Å². The van der Waals surface area contributed by atoms with E-state index in [1.807, 2.05) is 19.1 Å². The monoisotopic (exact) mass is 549 g/mol. The van der Waals surface area contributed by atoms with E-state index in [2.05, 4.69) is 30.7 Å². The standard InChI is InChI=1S/C24H26F3N7O3S/c1-15-12-19(33-32-15)29-18-13-20(34-8-6-23(7-9-34)36-10-11-37-23)31-22(30-18)38-17-4-2-16(3-5-17)28-21(35)14-24(25,26)27/h2-5,12-13H,6-11,14H2,1H3,(H,28,35)(H2,29,30,31,32,33). The molecule has 0 atom stereocenters. The van der Waals surface area contributed by atoms with Gasteiger partial charge in [0.2, 0.25) is 5.91 Å². The molecule has 1 amide bonds. The molecule has 1 spiro atoms. The molecule has 10 nitrogen and oxygen atoms in total. The predicted molar refractivity (Wildman–Crippen MR) is 135 cm³/mol. The van der Waals surface area contributed by atoms with Crippen molar-refractivity contribution in [2.75, 3.05) is 41.8 Å². The van der Waals surface area contributed by atoms with Crippen LogP contribution in [-0.2, 0) is 14.3 Å². The second kappa shape index (κ2) is 10.8. The molecule has 202 valence electrons. The van der Waals surface area contributed by atoms with E-state index in [0.717, 1.165) is 29.2 Å². The van der Waals surface area contributed by atoms with Crippen molar-refractivity contribution in [1.29, 1.82) is 0 Å². The highest BCUT2D eigenvalue weighted by atomic mass is 32.2. The lowest BCUT2D eigenvalue weighted by molar-refractivity contribution is -0.169. The van der Waals surface area contributed by atoms with Crippen molar-refractivity contribution in [2.24, 2.45) is 0 Å². The minimum absolute atomic E-state index is 0.272. The van der Waals surface area contributed by atoms with Crippen LogP contribution in [0.25, 0.3) is 0 Å². The lowest BCUT2D eigenvalue weighted by Crippen LogP contribution is -2.45. The molecule has 3 N–H and O–H groups in total. The van der Waals surface area contributed by atoms with Crippen LogP contribution in [0.2, 0.25) is 0 Å². The van der Waals surface area contributed by atoms with E-state index in [4.69, 9.17) is 14.5 Å². The van der Waals surface area contributed by atoms with Gasteiger partial charge in [0.25, 0.3) is 0 Å². The van der Waals surface area contributed by atoms with E-state index in [9.17, 15) is 18.0 Å². The number of halogens is 3. The lowest BCUT2D eigenvalue weighted by atomic mass is 10.0. The van der Waals surface area contributed by atoms with Crippen LogP contribution in [0.3, 0.4) is 0 Å². The van der Waals surface area contributed by atoms with Gasteiger partial charge in [-0.1, -0.05) is 0 Å².